The van der Waals surface area contributed by atoms with Gasteiger partial charge in [0, 0.05) is 0 Å². The quantitative estimate of drug-likeness (QED) is 0.555. The lowest BCUT2D eigenvalue weighted by Crippen LogP contribution is -1.90. The van der Waals surface area contributed by atoms with Crippen LogP contribution in [0.1, 0.15) is 52.9 Å². The van der Waals surface area contributed by atoms with Crippen molar-refractivity contribution >= 4 is 5.78 Å². The summed E-state index contributed by atoms with van der Waals surface area (Å²) in [6.45, 7) is 5.96. The van der Waals surface area contributed by atoms with Gasteiger partial charge in [-0.1, -0.05) is 32.3 Å². The van der Waals surface area contributed by atoms with Crippen molar-refractivity contribution in [2.24, 2.45) is 0 Å². The lowest BCUT2D eigenvalue weighted by Gasteiger charge is -2.03. The van der Waals surface area contributed by atoms with Gasteiger partial charge >= 0.3 is 0 Å². The second-order valence-corrected chi connectivity index (χ2v) is 3.27. The van der Waals surface area contributed by atoms with Gasteiger partial charge in [-0.2, -0.15) is 0 Å². The molecule has 0 amide bonds. The molecule has 0 fully saturated rings. The molecule has 0 aliphatic rings. The summed E-state index contributed by atoms with van der Waals surface area (Å²) in [6, 6.07) is 0. The number of hydrogen-bond acceptors (Lipinski definition) is 1. The van der Waals surface area contributed by atoms with E-state index in [1.54, 1.807) is 13.0 Å². The van der Waals surface area contributed by atoms with Crippen LogP contribution in [0, 0.1) is 0 Å². The van der Waals surface area contributed by atoms with Crippen molar-refractivity contribution in [3.8, 4) is 0 Å². The van der Waals surface area contributed by atoms with Crippen LogP contribution in [-0.2, 0) is 4.79 Å². The Labute approximate surface area is 75.9 Å². The number of carbonyl (C=O) groups is 1. The summed E-state index contributed by atoms with van der Waals surface area (Å²) in [6.07, 6.45) is 7.55. The highest BCUT2D eigenvalue weighted by molar-refractivity contribution is 5.87. The average molecular weight is 168 g/mol. The van der Waals surface area contributed by atoms with Crippen molar-refractivity contribution in [3.05, 3.63) is 11.6 Å². The van der Waals surface area contributed by atoms with Crippen molar-refractivity contribution in [2.75, 3.05) is 0 Å². The first-order valence-corrected chi connectivity index (χ1v) is 4.90. The Morgan fingerprint density at radius 3 is 2.25 bits per heavy atom. The molecule has 0 rings (SSSR count). The zero-order valence-corrected chi connectivity index (χ0v) is 8.52. The Balaban J connectivity index is 3.93. The van der Waals surface area contributed by atoms with Crippen LogP contribution in [0.2, 0.25) is 0 Å². The van der Waals surface area contributed by atoms with E-state index in [0.29, 0.717) is 0 Å². The minimum Gasteiger partial charge on any atom is -0.295 e. The first-order valence-electron chi connectivity index (χ1n) is 4.90. The number of hydrogen-bond donors (Lipinski definition) is 0. The molecule has 0 saturated carbocycles. The molecule has 0 heterocycles. The summed E-state index contributed by atoms with van der Waals surface area (Å²) in [4.78, 5) is 10.8. The van der Waals surface area contributed by atoms with E-state index in [2.05, 4.69) is 13.8 Å². The van der Waals surface area contributed by atoms with E-state index >= 15 is 0 Å². The first kappa shape index (κ1) is 11.4. The van der Waals surface area contributed by atoms with Crippen molar-refractivity contribution in [3.63, 3.8) is 0 Å². The molecule has 0 radical (unpaired) electrons. The lowest BCUT2D eigenvalue weighted by atomic mass is 10.0. The Morgan fingerprint density at radius 2 is 1.83 bits per heavy atom. The predicted molar refractivity (Wildman–Crippen MR) is 53.2 cm³/mol. The minimum atomic E-state index is 0.189. The van der Waals surface area contributed by atoms with Crippen LogP contribution in [0.4, 0.5) is 0 Å². The highest BCUT2D eigenvalue weighted by atomic mass is 16.1. The highest BCUT2D eigenvalue weighted by Crippen LogP contribution is 2.13. The summed E-state index contributed by atoms with van der Waals surface area (Å²) >= 11 is 0. The molecule has 1 heteroatoms. The summed E-state index contributed by atoms with van der Waals surface area (Å²) in [7, 11) is 0. The second kappa shape index (κ2) is 7.08. The van der Waals surface area contributed by atoms with Crippen molar-refractivity contribution in [2.45, 2.75) is 52.9 Å². The minimum absolute atomic E-state index is 0.189. The van der Waals surface area contributed by atoms with E-state index in [1.807, 2.05) is 0 Å². The van der Waals surface area contributed by atoms with Crippen molar-refractivity contribution in [1.82, 2.24) is 0 Å². The monoisotopic (exact) mass is 168 g/mol. The van der Waals surface area contributed by atoms with Crippen LogP contribution in [0.3, 0.4) is 0 Å². The van der Waals surface area contributed by atoms with Crippen LogP contribution in [0.15, 0.2) is 11.6 Å². The standard InChI is InChI=1S/C11H20O/c1-4-6-8-11(7-5-2)9-10(3)12/h9H,4-8H2,1-3H3/b11-9-. The van der Waals surface area contributed by atoms with Crippen LogP contribution in [0.5, 0.6) is 0 Å². The van der Waals surface area contributed by atoms with Gasteiger partial charge in [0.15, 0.2) is 5.78 Å². The van der Waals surface area contributed by atoms with E-state index in [9.17, 15) is 4.79 Å². The fourth-order valence-corrected chi connectivity index (χ4v) is 1.28. The molecular weight excluding hydrogens is 148 g/mol. The topological polar surface area (TPSA) is 17.1 Å². The largest absolute Gasteiger partial charge is 0.295 e. The molecule has 0 atom stereocenters. The zero-order chi connectivity index (χ0) is 9.40. The number of ketones is 1. The summed E-state index contributed by atoms with van der Waals surface area (Å²) in [5, 5.41) is 0. The maximum absolute atomic E-state index is 10.8. The number of unbranched alkanes of at least 4 members (excludes halogenated alkanes) is 1. The van der Waals surface area contributed by atoms with E-state index in [4.69, 9.17) is 0 Å². The first-order chi connectivity index (χ1) is 5.70. The predicted octanol–water partition coefficient (Wildman–Crippen LogP) is 3.49. The van der Waals surface area contributed by atoms with Gasteiger partial charge in [-0.05, 0) is 32.3 Å². The van der Waals surface area contributed by atoms with Gasteiger partial charge in [0.25, 0.3) is 0 Å². The number of rotatable bonds is 6. The average Bonchev–Trinajstić information content (AvgIpc) is 2.00. The third-order valence-electron chi connectivity index (χ3n) is 1.83. The Morgan fingerprint density at radius 1 is 1.17 bits per heavy atom. The van der Waals surface area contributed by atoms with Crippen LogP contribution < -0.4 is 0 Å². The Hall–Kier alpha value is -0.590. The molecule has 0 aliphatic carbocycles. The third-order valence-corrected chi connectivity index (χ3v) is 1.83. The third kappa shape index (κ3) is 6.14. The molecule has 1 nitrogen and oxygen atoms in total. The molecule has 0 saturated heterocycles. The molecule has 0 spiro atoms. The molecule has 0 N–H and O–H groups in total. The number of carbonyl (C=O) groups excluding carboxylic acids is 1. The molecule has 12 heavy (non-hydrogen) atoms. The summed E-state index contributed by atoms with van der Waals surface area (Å²) in [5.41, 5.74) is 1.33. The van der Waals surface area contributed by atoms with Crippen molar-refractivity contribution in [1.29, 1.82) is 0 Å². The normalized spacial score (nSPS) is 11.8. The summed E-state index contributed by atoms with van der Waals surface area (Å²) < 4.78 is 0. The molecule has 0 aromatic rings. The fourth-order valence-electron chi connectivity index (χ4n) is 1.28. The van der Waals surface area contributed by atoms with Gasteiger partial charge < -0.3 is 0 Å². The van der Waals surface area contributed by atoms with Crippen LogP contribution >= 0.6 is 0 Å². The smallest absolute Gasteiger partial charge is 0.152 e. The second-order valence-electron chi connectivity index (χ2n) is 3.27. The van der Waals surface area contributed by atoms with Crippen molar-refractivity contribution < 1.29 is 4.79 Å². The van der Waals surface area contributed by atoms with Gasteiger partial charge in [0.1, 0.15) is 0 Å². The van der Waals surface area contributed by atoms with Gasteiger partial charge in [0.2, 0.25) is 0 Å². The van der Waals surface area contributed by atoms with E-state index < -0.39 is 0 Å². The molecule has 0 bridgehead atoms. The highest BCUT2D eigenvalue weighted by Gasteiger charge is 1.97. The maximum Gasteiger partial charge on any atom is 0.152 e. The molecule has 0 unspecified atom stereocenters. The molecule has 0 aromatic carbocycles. The Kier molecular flexibility index (Phi) is 6.73. The molecular formula is C11H20O. The molecule has 0 aromatic heterocycles. The maximum atomic E-state index is 10.8. The fraction of sp³-hybridized carbons (Fsp3) is 0.727. The zero-order valence-electron chi connectivity index (χ0n) is 8.52. The van der Waals surface area contributed by atoms with Gasteiger partial charge in [0.05, 0.1) is 0 Å². The van der Waals surface area contributed by atoms with E-state index in [1.165, 1.54) is 18.4 Å². The Bertz CT molecular complexity index is 156. The summed E-state index contributed by atoms with van der Waals surface area (Å²) in [5.74, 6) is 0.189. The SMILES string of the molecule is CCCC/C(=C\C(C)=O)CCC. The van der Waals surface area contributed by atoms with E-state index in [0.717, 1.165) is 19.3 Å². The van der Waals surface area contributed by atoms with Crippen LogP contribution in [0.25, 0.3) is 0 Å². The van der Waals surface area contributed by atoms with Gasteiger partial charge in [-0.15, -0.1) is 0 Å². The van der Waals surface area contributed by atoms with Crippen LogP contribution in [-0.4, -0.2) is 5.78 Å². The van der Waals surface area contributed by atoms with Gasteiger partial charge in [-0.25, -0.2) is 0 Å². The van der Waals surface area contributed by atoms with Gasteiger partial charge in [-0.3, -0.25) is 4.79 Å². The van der Waals surface area contributed by atoms with E-state index in [-0.39, 0.29) is 5.78 Å². The molecule has 0 aliphatic heterocycles. The number of allylic oxidation sites excluding steroid dienone is 2. The molecule has 70 valence electrons. The lowest BCUT2D eigenvalue weighted by molar-refractivity contribution is -0.112.